The van der Waals surface area contributed by atoms with E-state index in [-0.39, 0.29) is 5.91 Å². The molecule has 21 heavy (non-hydrogen) atoms. The van der Waals surface area contributed by atoms with Crippen LogP contribution in [0.15, 0.2) is 24.5 Å². The Bertz CT molecular complexity index is 624. The smallest absolute Gasteiger partial charge is 0.265 e. The van der Waals surface area contributed by atoms with Crippen molar-refractivity contribution in [1.82, 2.24) is 15.3 Å². The van der Waals surface area contributed by atoms with E-state index in [4.69, 9.17) is 5.73 Å². The lowest BCUT2D eigenvalue weighted by Crippen LogP contribution is -2.25. The fourth-order valence-corrected chi connectivity index (χ4v) is 2.79. The number of hydrogen-bond donors (Lipinski definition) is 3. The average Bonchev–Trinajstić information content (AvgIpc) is 3.21. The molecular formula is C14H17N5OS. The summed E-state index contributed by atoms with van der Waals surface area (Å²) >= 11 is 1.31. The molecule has 1 aliphatic rings. The number of nitrogens with zero attached hydrogens (tertiary/aromatic N) is 2. The first-order valence-corrected chi connectivity index (χ1v) is 7.74. The molecule has 110 valence electrons. The van der Waals surface area contributed by atoms with E-state index in [0.717, 1.165) is 30.0 Å². The second-order valence-electron chi connectivity index (χ2n) is 5.01. The van der Waals surface area contributed by atoms with Gasteiger partial charge < -0.3 is 16.4 Å². The molecule has 0 unspecified atom stereocenters. The molecule has 2 aromatic heterocycles. The molecule has 0 spiro atoms. The second kappa shape index (κ2) is 6.09. The van der Waals surface area contributed by atoms with Crippen LogP contribution in [0.5, 0.6) is 0 Å². The van der Waals surface area contributed by atoms with Crippen molar-refractivity contribution < 1.29 is 4.79 Å². The molecule has 3 rings (SSSR count). The van der Waals surface area contributed by atoms with Crippen LogP contribution < -0.4 is 16.4 Å². The van der Waals surface area contributed by atoms with Gasteiger partial charge in [-0.25, -0.2) is 4.98 Å². The summed E-state index contributed by atoms with van der Waals surface area (Å²) in [5, 5.41) is 6.86. The summed E-state index contributed by atoms with van der Waals surface area (Å²) in [7, 11) is 0. The summed E-state index contributed by atoms with van der Waals surface area (Å²) < 4.78 is 0. The third-order valence-electron chi connectivity index (χ3n) is 3.21. The molecule has 1 saturated carbocycles. The number of anilines is 2. The summed E-state index contributed by atoms with van der Waals surface area (Å²) in [5.74, 6) is 0.132. The van der Waals surface area contributed by atoms with E-state index in [1.54, 1.807) is 12.4 Å². The Morgan fingerprint density at radius 2 is 2.14 bits per heavy atom. The van der Waals surface area contributed by atoms with E-state index in [1.165, 1.54) is 11.3 Å². The van der Waals surface area contributed by atoms with Gasteiger partial charge in [0.1, 0.15) is 10.7 Å². The Balaban J connectivity index is 1.53. The summed E-state index contributed by atoms with van der Waals surface area (Å²) in [5.41, 5.74) is 6.95. The highest BCUT2D eigenvalue weighted by molar-refractivity contribution is 7.18. The highest BCUT2D eigenvalue weighted by Gasteiger charge is 2.24. The molecular weight excluding hydrogens is 286 g/mol. The van der Waals surface area contributed by atoms with Gasteiger partial charge in [-0.2, -0.15) is 0 Å². The van der Waals surface area contributed by atoms with Gasteiger partial charge in [-0.3, -0.25) is 9.78 Å². The minimum absolute atomic E-state index is 0.164. The maximum atomic E-state index is 12.1. The van der Waals surface area contributed by atoms with Crippen LogP contribution in [0.25, 0.3) is 0 Å². The summed E-state index contributed by atoms with van der Waals surface area (Å²) in [6.07, 6.45) is 6.57. The van der Waals surface area contributed by atoms with Gasteiger partial charge >= 0.3 is 0 Å². The fourth-order valence-electron chi connectivity index (χ4n) is 1.91. The Labute approximate surface area is 126 Å². The first kappa shape index (κ1) is 13.8. The molecule has 0 bridgehead atoms. The Morgan fingerprint density at radius 3 is 2.86 bits per heavy atom. The van der Waals surface area contributed by atoms with E-state index in [0.29, 0.717) is 23.3 Å². The number of rotatable bonds is 6. The number of thiazole rings is 1. The van der Waals surface area contributed by atoms with Gasteiger partial charge in [-0.05, 0) is 37.0 Å². The highest BCUT2D eigenvalue weighted by Crippen LogP contribution is 2.30. The molecule has 6 nitrogen and oxygen atoms in total. The lowest BCUT2D eigenvalue weighted by molar-refractivity contribution is 0.0959. The van der Waals surface area contributed by atoms with Crippen LogP contribution in [0.4, 0.5) is 10.9 Å². The topological polar surface area (TPSA) is 92.9 Å². The monoisotopic (exact) mass is 303 g/mol. The molecule has 2 aromatic rings. The SMILES string of the molecule is Nc1nc(NC2CC2)sc1C(=O)NCCc1ccncc1. The van der Waals surface area contributed by atoms with Crippen LogP contribution in [0.2, 0.25) is 0 Å². The lowest BCUT2D eigenvalue weighted by Gasteiger charge is -2.03. The van der Waals surface area contributed by atoms with Crippen molar-refractivity contribution in [3.05, 3.63) is 35.0 Å². The number of aromatic nitrogens is 2. The standard InChI is InChI=1S/C14H17N5OS/c15-12-11(21-14(19-12)18-10-1-2-10)13(20)17-8-5-9-3-6-16-7-4-9/h3-4,6-7,10H,1-2,5,8,15H2,(H,17,20)(H,18,19). The van der Waals surface area contributed by atoms with Crippen LogP contribution in [0.3, 0.4) is 0 Å². The van der Waals surface area contributed by atoms with Crippen molar-refractivity contribution in [2.45, 2.75) is 25.3 Å². The maximum absolute atomic E-state index is 12.1. The van der Waals surface area contributed by atoms with Crippen molar-refractivity contribution in [2.24, 2.45) is 0 Å². The van der Waals surface area contributed by atoms with Gasteiger partial charge in [-0.1, -0.05) is 11.3 Å². The first-order valence-electron chi connectivity index (χ1n) is 6.92. The van der Waals surface area contributed by atoms with Crippen LogP contribution in [0, 0.1) is 0 Å². The molecule has 1 amide bonds. The molecule has 2 heterocycles. The van der Waals surface area contributed by atoms with E-state index in [9.17, 15) is 4.79 Å². The van der Waals surface area contributed by atoms with Gasteiger partial charge in [0.25, 0.3) is 5.91 Å². The summed E-state index contributed by atoms with van der Waals surface area (Å²) in [4.78, 5) is 20.7. The minimum atomic E-state index is -0.164. The number of carbonyl (C=O) groups is 1. The number of amides is 1. The van der Waals surface area contributed by atoms with Gasteiger partial charge in [-0.15, -0.1) is 0 Å². The summed E-state index contributed by atoms with van der Waals surface area (Å²) in [6, 6.07) is 4.37. The van der Waals surface area contributed by atoms with E-state index < -0.39 is 0 Å². The number of carbonyl (C=O) groups excluding carboxylic acids is 1. The largest absolute Gasteiger partial charge is 0.382 e. The van der Waals surface area contributed by atoms with Gasteiger partial charge in [0.2, 0.25) is 0 Å². The molecule has 0 aromatic carbocycles. The molecule has 1 fully saturated rings. The molecule has 1 aliphatic carbocycles. The Kier molecular flexibility index (Phi) is 4.01. The maximum Gasteiger partial charge on any atom is 0.265 e. The van der Waals surface area contributed by atoms with Crippen LogP contribution in [0.1, 0.15) is 28.1 Å². The first-order chi connectivity index (χ1) is 10.2. The van der Waals surface area contributed by atoms with Crippen molar-refractivity contribution in [2.75, 3.05) is 17.6 Å². The number of hydrogen-bond acceptors (Lipinski definition) is 6. The van der Waals surface area contributed by atoms with Gasteiger partial charge in [0.05, 0.1) is 0 Å². The number of nitrogens with one attached hydrogen (secondary N) is 2. The van der Waals surface area contributed by atoms with Crippen molar-refractivity contribution in [3.63, 3.8) is 0 Å². The molecule has 0 saturated heterocycles. The predicted octanol–water partition coefficient (Wildman–Crippen LogP) is 1.67. The minimum Gasteiger partial charge on any atom is -0.382 e. The van der Waals surface area contributed by atoms with Crippen LogP contribution in [-0.4, -0.2) is 28.5 Å². The summed E-state index contributed by atoms with van der Waals surface area (Å²) in [6.45, 7) is 0.561. The molecule has 0 radical (unpaired) electrons. The number of nitrogens with two attached hydrogens (primary N) is 1. The average molecular weight is 303 g/mol. The zero-order chi connectivity index (χ0) is 14.7. The normalized spacial score (nSPS) is 13.9. The molecule has 7 heteroatoms. The van der Waals surface area contributed by atoms with E-state index >= 15 is 0 Å². The zero-order valence-electron chi connectivity index (χ0n) is 11.5. The van der Waals surface area contributed by atoms with Gasteiger partial charge in [0.15, 0.2) is 5.13 Å². The lowest BCUT2D eigenvalue weighted by atomic mass is 10.2. The number of pyridine rings is 1. The zero-order valence-corrected chi connectivity index (χ0v) is 12.3. The van der Waals surface area contributed by atoms with Gasteiger partial charge in [0, 0.05) is 25.0 Å². The van der Waals surface area contributed by atoms with Crippen LogP contribution >= 0.6 is 11.3 Å². The fraction of sp³-hybridized carbons (Fsp3) is 0.357. The van der Waals surface area contributed by atoms with Crippen molar-refractivity contribution in [1.29, 1.82) is 0 Å². The van der Waals surface area contributed by atoms with E-state index in [2.05, 4.69) is 20.6 Å². The van der Waals surface area contributed by atoms with E-state index in [1.807, 2.05) is 12.1 Å². The molecule has 0 atom stereocenters. The van der Waals surface area contributed by atoms with Crippen molar-refractivity contribution in [3.8, 4) is 0 Å². The van der Waals surface area contributed by atoms with Crippen LogP contribution in [-0.2, 0) is 6.42 Å². The quantitative estimate of drug-likeness (QED) is 0.755. The highest BCUT2D eigenvalue weighted by atomic mass is 32.1. The Hall–Kier alpha value is -2.15. The number of nitrogen functional groups attached to an aromatic ring is 1. The van der Waals surface area contributed by atoms with Crippen molar-refractivity contribution >= 4 is 28.2 Å². The second-order valence-corrected chi connectivity index (χ2v) is 6.01. The third-order valence-corrected chi connectivity index (χ3v) is 4.21. The molecule has 0 aliphatic heterocycles. The molecule has 4 N–H and O–H groups in total. The third kappa shape index (κ3) is 3.69. The Morgan fingerprint density at radius 1 is 1.38 bits per heavy atom. The predicted molar refractivity (Wildman–Crippen MR) is 83.4 cm³/mol.